The molecule has 2 heterocycles. The van der Waals surface area contributed by atoms with Gasteiger partial charge in [-0.2, -0.15) is 0 Å². The van der Waals surface area contributed by atoms with Crippen LogP contribution in [0.25, 0.3) is 11.3 Å². The summed E-state index contributed by atoms with van der Waals surface area (Å²) >= 11 is 1.31. The Morgan fingerprint density at radius 1 is 1.18 bits per heavy atom. The van der Waals surface area contributed by atoms with Gasteiger partial charge in [0.1, 0.15) is 0 Å². The third-order valence-electron chi connectivity index (χ3n) is 2.97. The molecule has 5 nitrogen and oxygen atoms in total. The predicted octanol–water partition coefficient (Wildman–Crippen LogP) is 3.47. The van der Waals surface area contributed by atoms with E-state index in [0.29, 0.717) is 16.6 Å². The number of carbonyl (C=O) groups is 1. The van der Waals surface area contributed by atoms with Crippen molar-refractivity contribution in [1.29, 1.82) is 0 Å². The molecule has 3 rings (SSSR count). The van der Waals surface area contributed by atoms with Crippen LogP contribution in [0.2, 0.25) is 0 Å². The minimum atomic E-state index is -0.251. The molecule has 0 unspecified atom stereocenters. The van der Waals surface area contributed by atoms with Gasteiger partial charge >= 0.3 is 0 Å². The van der Waals surface area contributed by atoms with Crippen molar-refractivity contribution in [3.8, 4) is 17.1 Å². The van der Waals surface area contributed by atoms with Crippen molar-refractivity contribution >= 4 is 22.9 Å². The Balaban J connectivity index is 1.74. The van der Waals surface area contributed by atoms with E-state index in [1.54, 1.807) is 25.4 Å². The molecule has 0 radical (unpaired) electrons. The van der Waals surface area contributed by atoms with E-state index >= 15 is 0 Å². The zero-order valence-corrected chi connectivity index (χ0v) is 12.6. The maximum Gasteiger partial charge on any atom is 0.284 e. The van der Waals surface area contributed by atoms with Gasteiger partial charge in [0.05, 0.1) is 24.7 Å². The summed E-state index contributed by atoms with van der Waals surface area (Å²) in [5.74, 6) is 0.248. The summed E-state index contributed by atoms with van der Waals surface area (Å²) < 4.78 is 4.98. The first-order valence-corrected chi connectivity index (χ1v) is 7.46. The highest BCUT2D eigenvalue weighted by molar-refractivity contribution is 7.12. The van der Waals surface area contributed by atoms with Gasteiger partial charge < -0.3 is 10.1 Å². The number of nitrogens with one attached hydrogen (secondary N) is 1. The highest BCUT2D eigenvalue weighted by Crippen LogP contribution is 2.22. The van der Waals surface area contributed by atoms with E-state index in [1.807, 2.05) is 35.7 Å². The van der Waals surface area contributed by atoms with Gasteiger partial charge in [-0.05, 0) is 6.07 Å². The van der Waals surface area contributed by atoms with Crippen molar-refractivity contribution in [2.75, 3.05) is 12.4 Å². The fourth-order valence-corrected chi connectivity index (χ4v) is 2.60. The molecule has 0 saturated heterocycles. The number of anilines is 1. The smallest absolute Gasteiger partial charge is 0.284 e. The zero-order chi connectivity index (χ0) is 15.4. The van der Waals surface area contributed by atoms with Gasteiger partial charge in [0.15, 0.2) is 5.01 Å². The number of methoxy groups -OCH3 is 1. The molecule has 110 valence electrons. The van der Waals surface area contributed by atoms with Crippen LogP contribution in [0.1, 0.15) is 9.80 Å². The number of ether oxygens (including phenoxy) is 1. The van der Waals surface area contributed by atoms with Gasteiger partial charge in [-0.15, -0.1) is 11.3 Å². The summed E-state index contributed by atoms with van der Waals surface area (Å²) in [5, 5.41) is 5.05. The molecule has 2 aromatic heterocycles. The summed E-state index contributed by atoms with van der Waals surface area (Å²) in [6, 6.07) is 13.2. The number of hydrogen-bond acceptors (Lipinski definition) is 5. The third kappa shape index (κ3) is 3.12. The normalized spacial score (nSPS) is 10.2. The first-order valence-electron chi connectivity index (χ1n) is 6.58. The summed E-state index contributed by atoms with van der Waals surface area (Å²) in [6.07, 6.45) is 1.54. The van der Waals surface area contributed by atoms with E-state index in [9.17, 15) is 4.79 Å². The molecule has 22 heavy (non-hydrogen) atoms. The Morgan fingerprint density at radius 2 is 2.00 bits per heavy atom. The van der Waals surface area contributed by atoms with Crippen molar-refractivity contribution in [2.45, 2.75) is 0 Å². The Morgan fingerprint density at radius 3 is 2.68 bits per heavy atom. The average molecular weight is 311 g/mol. The molecule has 0 spiro atoms. The Bertz CT molecular complexity index is 770. The van der Waals surface area contributed by atoms with E-state index in [1.165, 1.54) is 11.3 Å². The molecule has 0 bridgehead atoms. The number of pyridine rings is 1. The highest BCUT2D eigenvalue weighted by atomic mass is 32.1. The number of thiazole rings is 1. The van der Waals surface area contributed by atoms with Gasteiger partial charge in [0.25, 0.3) is 5.91 Å². The topological polar surface area (TPSA) is 64.1 Å². The van der Waals surface area contributed by atoms with Crippen LogP contribution in [0.3, 0.4) is 0 Å². The molecule has 0 aliphatic heterocycles. The van der Waals surface area contributed by atoms with Crippen LogP contribution in [0.4, 0.5) is 5.69 Å². The SMILES string of the molecule is COc1ccc(NC(=O)c2nc(-c3ccccc3)cs2)cn1. The van der Waals surface area contributed by atoms with Gasteiger partial charge in [0, 0.05) is 17.0 Å². The Labute approximate surface area is 131 Å². The Hall–Kier alpha value is -2.73. The van der Waals surface area contributed by atoms with Crippen LogP contribution in [0.5, 0.6) is 5.88 Å². The van der Waals surface area contributed by atoms with Crippen molar-refractivity contribution in [1.82, 2.24) is 9.97 Å². The number of carbonyl (C=O) groups excluding carboxylic acids is 1. The maximum absolute atomic E-state index is 12.2. The van der Waals surface area contributed by atoms with E-state index in [2.05, 4.69) is 15.3 Å². The lowest BCUT2D eigenvalue weighted by Gasteiger charge is -2.03. The monoisotopic (exact) mass is 311 g/mol. The number of rotatable bonds is 4. The molecule has 0 aliphatic carbocycles. The lowest BCUT2D eigenvalue weighted by Crippen LogP contribution is -2.11. The lowest BCUT2D eigenvalue weighted by molar-refractivity contribution is 0.102. The molecular formula is C16H13N3O2S. The van der Waals surface area contributed by atoms with Crippen LogP contribution >= 0.6 is 11.3 Å². The molecule has 3 aromatic rings. The fourth-order valence-electron chi connectivity index (χ4n) is 1.88. The number of hydrogen-bond donors (Lipinski definition) is 1. The summed E-state index contributed by atoms with van der Waals surface area (Å²) in [6.45, 7) is 0. The summed E-state index contributed by atoms with van der Waals surface area (Å²) in [4.78, 5) is 20.6. The van der Waals surface area contributed by atoms with Crippen LogP contribution < -0.4 is 10.1 Å². The molecule has 6 heteroatoms. The number of aromatic nitrogens is 2. The molecule has 1 aromatic carbocycles. The van der Waals surface area contributed by atoms with E-state index in [4.69, 9.17) is 4.74 Å². The maximum atomic E-state index is 12.2. The van der Waals surface area contributed by atoms with Gasteiger partial charge in [-0.25, -0.2) is 9.97 Å². The number of benzene rings is 1. The molecule has 0 aliphatic rings. The van der Waals surface area contributed by atoms with Crippen LogP contribution in [0.15, 0.2) is 54.0 Å². The molecule has 0 atom stereocenters. The fraction of sp³-hybridized carbons (Fsp3) is 0.0625. The van der Waals surface area contributed by atoms with Crippen LogP contribution in [-0.2, 0) is 0 Å². The third-order valence-corrected chi connectivity index (χ3v) is 3.81. The summed E-state index contributed by atoms with van der Waals surface area (Å²) in [7, 11) is 1.54. The molecule has 1 N–H and O–H groups in total. The first-order chi connectivity index (χ1) is 10.8. The first kappa shape index (κ1) is 14.2. The largest absolute Gasteiger partial charge is 0.481 e. The van der Waals surface area contributed by atoms with E-state index < -0.39 is 0 Å². The summed E-state index contributed by atoms with van der Waals surface area (Å²) in [5.41, 5.74) is 2.38. The number of amides is 1. The standard InChI is InChI=1S/C16H13N3O2S/c1-21-14-8-7-12(9-17-14)18-15(20)16-19-13(10-22-16)11-5-3-2-4-6-11/h2-10H,1H3,(H,18,20). The minimum absolute atomic E-state index is 0.251. The average Bonchev–Trinajstić information content (AvgIpc) is 3.06. The predicted molar refractivity (Wildman–Crippen MR) is 86.3 cm³/mol. The van der Waals surface area contributed by atoms with Gasteiger partial charge in [-0.1, -0.05) is 30.3 Å². The second kappa shape index (κ2) is 6.36. The lowest BCUT2D eigenvalue weighted by atomic mass is 10.2. The van der Waals surface area contributed by atoms with Crippen LogP contribution in [0, 0.1) is 0 Å². The Kier molecular flexibility index (Phi) is 4.11. The van der Waals surface area contributed by atoms with Crippen LogP contribution in [-0.4, -0.2) is 23.0 Å². The number of nitrogens with zero attached hydrogens (tertiary/aromatic N) is 2. The zero-order valence-electron chi connectivity index (χ0n) is 11.8. The highest BCUT2D eigenvalue weighted by Gasteiger charge is 2.12. The molecule has 0 saturated carbocycles. The molecule has 0 fully saturated rings. The second-order valence-corrected chi connectivity index (χ2v) is 5.31. The van der Waals surface area contributed by atoms with Crippen molar-refractivity contribution in [3.05, 3.63) is 59.0 Å². The molecule has 1 amide bonds. The van der Waals surface area contributed by atoms with Crippen molar-refractivity contribution in [3.63, 3.8) is 0 Å². The van der Waals surface area contributed by atoms with E-state index in [0.717, 1.165) is 11.3 Å². The second-order valence-electron chi connectivity index (χ2n) is 4.45. The van der Waals surface area contributed by atoms with E-state index in [-0.39, 0.29) is 5.91 Å². The minimum Gasteiger partial charge on any atom is -0.481 e. The van der Waals surface area contributed by atoms with Gasteiger partial charge in [0.2, 0.25) is 5.88 Å². The quantitative estimate of drug-likeness (QED) is 0.801. The van der Waals surface area contributed by atoms with Gasteiger partial charge in [-0.3, -0.25) is 4.79 Å². The van der Waals surface area contributed by atoms with Crippen molar-refractivity contribution < 1.29 is 9.53 Å². The van der Waals surface area contributed by atoms with Crippen molar-refractivity contribution in [2.24, 2.45) is 0 Å². The molecular weight excluding hydrogens is 298 g/mol.